The van der Waals surface area contributed by atoms with Crippen molar-refractivity contribution in [3.05, 3.63) is 11.8 Å². The van der Waals surface area contributed by atoms with Crippen molar-refractivity contribution in [3.63, 3.8) is 0 Å². The number of hydrogen-bond acceptors (Lipinski definition) is 5. The molecule has 1 aromatic heterocycles. The van der Waals surface area contributed by atoms with Crippen molar-refractivity contribution in [3.8, 4) is 0 Å². The second-order valence-corrected chi connectivity index (χ2v) is 5.52. The lowest BCUT2D eigenvalue weighted by Gasteiger charge is -2.10. The summed E-state index contributed by atoms with van der Waals surface area (Å²) in [7, 11) is 0. The van der Waals surface area contributed by atoms with Gasteiger partial charge in [-0.05, 0) is 31.3 Å². The van der Waals surface area contributed by atoms with E-state index >= 15 is 0 Å². The molecule has 0 bridgehead atoms. The first kappa shape index (κ1) is 15.1. The molecule has 0 aliphatic rings. The van der Waals surface area contributed by atoms with Gasteiger partial charge in [0.15, 0.2) is 0 Å². The maximum atomic E-state index is 4.49. The minimum atomic E-state index is 0.716. The van der Waals surface area contributed by atoms with Crippen molar-refractivity contribution in [2.75, 3.05) is 35.2 Å². The van der Waals surface area contributed by atoms with Gasteiger partial charge >= 0.3 is 0 Å². The zero-order chi connectivity index (χ0) is 13.2. The van der Waals surface area contributed by atoms with E-state index in [9.17, 15) is 0 Å². The molecule has 0 aliphatic heterocycles. The van der Waals surface area contributed by atoms with Gasteiger partial charge in [-0.15, -0.1) is 0 Å². The van der Waals surface area contributed by atoms with Crippen molar-refractivity contribution in [1.29, 1.82) is 0 Å². The summed E-state index contributed by atoms with van der Waals surface area (Å²) in [5.41, 5.74) is 1.10. The molecule has 0 radical (unpaired) electrons. The van der Waals surface area contributed by atoms with Gasteiger partial charge in [0.2, 0.25) is 5.95 Å². The van der Waals surface area contributed by atoms with Crippen LogP contribution in [0, 0.1) is 6.92 Å². The molecule has 1 rings (SSSR count). The largest absolute Gasteiger partial charge is 0.370 e. The number of nitrogens with zero attached hydrogens (tertiary/aromatic N) is 2. The van der Waals surface area contributed by atoms with Gasteiger partial charge in [0.1, 0.15) is 5.82 Å². The zero-order valence-electron chi connectivity index (χ0n) is 11.6. The molecule has 0 amide bonds. The van der Waals surface area contributed by atoms with Gasteiger partial charge in [0, 0.05) is 24.8 Å². The topological polar surface area (TPSA) is 49.8 Å². The molecular formula is C13H24N4S. The van der Waals surface area contributed by atoms with Gasteiger partial charge in [-0.2, -0.15) is 16.7 Å². The molecular weight excluding hydrogens is 244 g/mol. The van der Waals surface area contributed by atoms with Crippen LogP contribution in [0.2, 0.25) is 0 Å². The fraction of sp³-hybridized carbons (Fsp3) is 0.692. The summed E-state index contributed by atoms with van der Waals surface area (Å²) < 4.78 is 0. The van der Waals surface area contributed by atoms with Crippen LogP contribution in [0.1, 0.15) is 32.3 Å². The summed E-state index contributed by atoms with van der Waals surface area (Å²) in [5.74, 6) is 4.06. The van der Waals surface area contributed by atoms with Gasteiger partial charge < -0.3 is 10.6 Å². The third kappa shape index (κ3) is 5.58. The second kappa shape index (κ2) is 9.03. The summed E-state index contributed by atoms with van der Waals surface area (Å²) in [6, 6.07) is 0. The smallest absolute Gasteiger partial charge is 0.224 e. The maximum absolute atomic E-state index is 4.49. The molecule has 0 spiro atoms. The van der Waals surface area contributed by atoms with Crippen LogP contribution >= 0.6 is 11.8 Å². The van der Waals surface area contributed by atoms with E-state index in [1.54, 1.807) is 0 Å². The first-order chi connectivity index (χ1) is 8.77. The van der Waals surface area contributed by atoms with Gasteiger partial charge in [0.05, 0.1) is 0 Å². The quantitative estimate of drug-likeness (QED) is 0.674. The van der Waals surface area contributed by atoms with Crippen molar-refractivity contribution < 1.29 is 0 Å². The molecule has 0 aliphatic carbocycles. The number of thioether (sulfide) groups is 1. The lowest BCUT2D eigenvalue weighted by atomic mass is 10.3. The highest BCUT2D eigenvalue weighted by atomic mass is 32.2. The molecule has 4 nitrogen and oxygen atoms in total. The number of aromatic nitrogens is 2. The van der Waals surface area contributed by atoms with Crippen molar-refractivity contribution >= 4 is 23.5 Å². The molecule has 0 unspecified atom stereocenters. The highest BCUT2D eigenvalue weighted by Crippen LogP contribution is 2.12. The molecule has 0 fully saturated rings. The predicted octanol–water partition coefficient (Wildman–Crippen LogP) is 3.16. The molecule has 2 N–H and O–H groups in total. The summed E-state index contributed by atoms with van der Waals surface area (Å²) in [6.45, 7) is 8.24. The summed E-state index contributed by atoms with van der Waals surface area (Å²) in [4.78, 5) is 8.76. The minimum Gasteiger partial charge on any atom is -0.370 e. The number of anilines is 2. The van der Waals surface area contributed by atoms with E-state index in [2.05, 4.69) is 34.4 Å². The summed E-state index contributed by atoms with van der Waals surface area (Å²) >= 11 is 1.98. The van der Waals surface area contributed by atoms with Gasteiger partial charge in [0.25, 0.3) is 0 Å². The molecule has 0 aromatic carbocycles. The second-order valence-electron chi connectivity index (χ2n) is 4.13. The van der Waals surface area contributed by atoms with Crippen LogP contribution in [-0.2, 0) is 0 Å². The van der Waals surface area contributed by atoms with E-state index in [1.165, 1.54) is 17.9 Å². The SMILES string of the molecule is CCCNc1ncc(C)c(NCCCSCC)n1. The normalized spacial score (nSPS) is 10.4. The van der Waals surface area contributed by atoms with E-state index in [0.717, 1.165) is 30.9 Å². The standard InChI is InChI=1S/C13H24N4S/c1-4-7-15-13-16-10-11(3)12(17-13)14-8-6-9-18-5-2/h10H,4-9H2,1-3H3,(H2,14,15,16,17). The van der Waals surface area contributed by atoms with Crippen LogP contribution in [0.4, 0.5) is 11.8 Å². The van der Waals surface area contributed by atoms with Gasteiger partial charge in [-0.25, -0.2) is 4.98 Å². The molecule has 0 atom stereocenters. The van der Waals surface area contributed by atoms with Crippen LogP contribution in [0.5, 0.6) is 0 Å². The Bertz CT molecular complexity index is 344. The Labute approximate surface area is 114 Å². The Hall–Kier alpha value is -0.970. The number of nitrogens with one attached hydrogen (secondary N) is 2. The van der Waals surface area contributed by atoms with E-state index < -0.39 is 0 Å². The molecule has 1 heterocycles. The lowest BCUT2D eigenvalue weighted by molar-refractivity contribution is 0.938. The highest BCUT2D eigenvalue weighted by molar-refractivity contribution is 7.99. The molecule has 0 saturated carbocycles. The predicted molar refractivity (Wildman–Crippen MR) is 81.7 cm³/mol. The van der Waals surface area contributed by atoms with Gasteiger partial charge in [-0.3, -0.25) is 0 Å². The molecule has 18 heavy (non-hydrogen) atoms. The zero-order valence-corrected chi connectivity index (χ0v) is 12.4. The molecule has 5 heteroatoms. The van der Waals surface area contributed by atoms with E-state index in [4.69, 9.17) is 0 Å². The Morgan fingerprint density at radius 2 is 2.06 bits per heavy atom. The monoisotopic (exact) mass is 268 g/mol. The Kier molecular flexibility index (Phi) is 7.57. The average molecular weight is 268 g/mol. The summed E-state index contributed by atoms with van der Waals surface area (Å²) in [5, 5.41) is 6.59. The fourth-order valence-electron chi connectivity index (χ4n) is 1.47. The minimum absolute atomic E-state index is 0.716. The third-order valence-corrected chi connectivity index (χ3v) is 3.45. The van der Waals surface area contributed by atoms with E-state index in [-0.39, 0.29) is 0 Å². The van der Waals surface area contributed by atoms with E-state index in [0.29, 0.717) is 5.95 Å². The van der Waals surface area contributed by atoms with Crippen molar-refractivity contribution in [2.45, 2.75) is 33.6 Å². The first-order valence-electron chi connectivity index (χ1n) is 6.67. The first-order valence-corrected chi connectivity index (χ1v) is 7.82. The Morgan fingerprint density at radius 1 is 1.22 bits per heavy atom. The van der Waals surface area contributed by atoms with E-state index in [1.807, 2.05) is 24.9 Å². The molecule has 0 saturated heterocycles. The number of aryl methyl sites for hydroxylation is 1. The van der Waals surface area contributed by atoms with Crippen LogP contribution in [0.25, 0.3) is 0 Å². The van der Waals surface area contributed by atoms with Crippen molar-refractivity contribution in [2.24, 2.45) is 0 Å². The molecule has 102 valence electrons. The summed E-state index contributed by atoms with van der Waals surface area (Å²) in [6.07, 6.45) is 4.11. The lowest BCUT2D eigenvalue weighted by Crippen LogP contribution is -2.10. The van der Waals surface area contributed by atoms with Crippen molar-refractivity contribution in [1.82, 2.24) is 9.97 Å². The number of rotatable bonds is 9. The third-order valence-electron chi connectivity index (χ3n) is 2.47. The maximum Gasteiger partial charge on any atom is 0.224 e. The van der Waals surface area contributed by atoms with Crippen LogP contribution in [0.3, 0.4) is 0 Å². The highest BCUT2D eigenvalue weighted by Gasteiger charge is 2.02. The van der Waals surface area contributed by atoms with Gasteiger partial charge in [-0.1, -0.05) is 13.8 Å². The van der Waals surface area contributed by atoms with Crippen LogP contribution in [0.15, 0.2) is 6.20 Å². The molecule has 1 aromatic rings. The fourth-order valence-corrected chi connectivity index (χ4v) is 2.11. The average Bonchev–Trinajstić information content (AvgIpc) is 2.39. The Balaban J connectivity index is 2.42. The van der Waals surface area contributed by atoms with Crippen LogP contribution < -0.4 is 10.6 Å². The Morgan fingerprint density at radius 3 is 2.78 bits per heavy atom. The number of hydrogen-bond donors (Lipinski definition) is 2. The van der Waals surface area contributed by atoms with Crippen LogP contribution in [-0.4, -0.2) is 34.6 Å².